The van der Waals surface area contributed by atoms with Crippen LogP contribution in [-0.4, -0.2) is 64.2 Å². The Morgan fingerprint density at radius 3 is 2.81 bits per heavy atom. The van der Waals surface area contributed by atoms with E-state index in [1.807, 2.05) is 17.0 Å². The molecular weight excluding hydrogens is 412 g/mol. The van der Waals surface area contributed by atoms with Crippen molar-refractivity contribution in [2.45, 2.75) is 25.8 Å². The molecule has 0 atom stereocenters. The summed E-state index contributed by atoms with van der Waals surface area (Å²) in [5.74, 6) is -0.126. The fourth-order valence-electron chi connectivity index (χ4n) is 3.85. The molecule has 0 bridgehead atoms. The molecule has 0 saturated carbocycles. The zero-order chi connectivity index (χ0) is 19.1. The van der Waals surface area contributed by atoms with Gasteiger partial charge < -0.3 is 14.8 Å². The summed E-state index contributed by atoms with van der Waals surface area (Å²) in [6, 6.07) is 5.80. The lowest BCUT2D eigenvalue weighted by Gasteiger charge is -2.27. The van der Waals surface area contributed by atoms with Crippen LogP contribution in [0.2, 0.25) is 0 Å². The van der Waals surface area contributed by atoms with Crippen molar-refractivity contribution in [1.82, 2.24) is 19.7 Å². The highest BCUT2D eigenvalue weighted by molar-refractivity contribution is 9.10. The first kappa shape index (κ1) is 18.0. The smallest absolute Gasteiger partial charge is 0.326 e. The predicted molar refractivity (Wildman–Crippen MR) is 104 cm³/mol. The number of aromatic amines is 1. The van der Waals surface area contributed by atoms with E-state index in [9.17, 15) is 14.4 Å². The van der Waals surface area contributed by atoms with Crippen molar-refractivity contribution in [3.05, 3.63) is 33.9 Å². The van der Waals surface area contributed by atoms with Crippen LogP contribution in [0.15, 0.2) is 22.7 Å². The first-order chi connectivity index (χ1) is 13.0. The van der Waals surface area contributed by atoms with Gasteiger partial charge in [-0.25, -0.2) is 4.79 Å². The van der Waals surface area contributed by atoms with Gasteiger partial charge in [0.1, 0.15) is 6.54 Å². The Labute approximate surface area is 165 Å². The quantitative estimate of drug-likeness (QED) is 0.753. The molecule has 4 rings (SSSR count). The molecule has 2 aromatic rings. The number of nitrogens with one attached hydrogen (secondary N) is 1. The lowest BCUT2D eigenvalue weighted by molar-refractivity contribution is -0.132. The maximum atomic E-state index is 12.6. The summed E-state index contributed by atoms with van der Waals surface area (Å²) in [6.45, 7) is 1.69. The Kier molecular flexibility index (Phi) is 4.67. The van der Waals surface area contributed by atoms with Gasteiger partial charge in [0, 0.05) is 60.6 Å². The summed E-state index contributed by atoms with van der Waals surface area (Å²) in [5.41, 5.74) is 3.45. The number of aromatic nitrogens is 1. The van der Waals surface area contributed by atoms with E-state index in [-0.39, 0.29) is 24.4 Å². The van der Waals surface area contributed by atoms with Crippen molar-refractivity contribution >= 4 is 44.7 Å². The van der Waals surface area contributed by atoms with E-state index in [4.69, 9.17) is 0 Å². The number of carbonyl (C=O) groups is 3. The summed E-state index contributed by atoms with van der Waals surface area (Å²) in [5, 5.41) is 1.15. The molecule has 1 aromatic heterocycles. The molecule has 8 heteroatoms. The number of rotatable bonds is 4. The van der Waals surface area contributed by atoms with Crippen molar-refractivity contribution in [2.75, 3.05) is 26.7 Å². The van der Waals surface area contributed by atoms with Crippen molar-refractivity contribution in [1.29, 1.82) is 0 Å². The number of amides is 4. The molecule has 0 unspecified atom stereocenters. The normalized spacial score (nSPS) is 17.2. The van der Waals surface area contributed by atoms with E-state index in [1.165, 1.54) is 21.1 Å². The maximum absolute atomic E-state index is 12.6. The second-order valence-electron chi connectivity index (χ2n) is 7.10. The SMILES string of the molecule is CN1CC(=O)N(CCCC(=O)N2CCc3[nH]c4c(Br)cccc4c3C2)C1=O. The minimum absolute atomic E-state index is 0.0671. The second kappa shape index (κ2) is 6.99. The zero-order valence-electron chi connectivity index (χ0n) is 15.1. The van der Waals surface area contributed by atoms with E-state index in [2.05, 4.69) is 27.0 Å². The Balaban J connectivity index is 1.38. The molecular formula is C19H21BrN4O3. The Hall–Kier alpha value is -2.35. The van der Waals surface area contributed by atoms with Crippen LogP contribution in [0.3, 0.4) is 0 Å². The Bertz CT molecular complexity index is 938. The number of nitrogens with zero attached hydrogens (tertiary/aromatic N) is 3. The number of benzene rings is 1. The molecule has 27 heavy (non-hydrogen) atoms. The number of halogens is 1. The van der Waals surface area contributed by atoms with Gasteiger partial charge in [0.15, 0.2) is 0 Å². The molecule has 1 saturated heterocycles. The number of para-hydroxylation sites is 1. The van der Waals surface area contributed by atoms with Crippen LogP contribution in [0.25, 0.3) is 10.9 Å². The van der Waals surface area contributed by atoms with Gasteiger partial charge in [-0.2, -0.15) is 0 Å². The van der Waals surface area contributed by atoms with Crippen molar-refractivity contribution in [3.63, 3.8) is 0 Å². The van der Waals surface area contributed by atoms with Crippen molar-refractivity contribution < 1.29 is 14.4 Å². The minimum Gasteiger partial charge on any atom is -0.357 e. The first-order valence-electron chi connectivity index (χ1n) is 9.07. The molecule has 0 spiro atoms. The minimum atomic E-state index is -0.278. The van der Waals surface area contributed by atoms with Gasteiger partial charge in [0.2, 0.25) is 11.8 Å². The van der Waals surface area contributed by atoms with Gasteiger partial charge >= 0.3 is 6.03 Å². The Morgan fingerprint density at radius 2 is 2.07 bits per heavy atom. The molecule has 2 aliphatic rings. The third-order valence-electron chi connectivity index (χ3n) is 5.32. The van der Waals surface area contributed by atoms with Gasteiger partial charge in [-0.05, 0) is 28.4 Å². The van der Waals surface area contributed by atoms with Crippen LogP contribution < -0.4 is 0 Å². The monoisotopic (exact) mass is 432 g/mol. The zero-order valence-corrected chi connectivity index (χ0v) is 16.7. The molecule has 4 amide bonds. The number of likely N-dealkylation sites (N-methyl/N-ethyl adjacent to an activating group) is 1. The average Bonchev–Trinajstić information content (AvgIpc) is 3.14. The summed E-state index contributed by atoms with van der Waals surface area (Å²) >= 11 is 3.57. The van der Waals surface area contributed by atoms with E-state index < -0.39 is 0 Å². The molecule has 0 radical (unpaired) electrons. The lowest BCUT2D eigenvalue weighted by Crippen LogP contribution is -2.37. The largest absolute Gasteiger partial charge is 0.357 e. The third-order valence-corrected chi connectivity index (χ3v) is 5.98. The van der Waals surface area contributed by atoms with E-state index in [1.54, 1.807) is 7.05 Å². The van der Waals surface area contributed by atoms with Gasteiger partial charge in [-0.15, -0.1) is 0 Å². The van der Waals surface area contributed by atoms with Crippen LogP contribution in [0.1, 0.15) is 24.1 Å². The molecule has 142 valence electrons. The van der Waals surface area contributed by atoms with Gasteiger partial charge in [0.25, 0.3) is 0 Å². The number of urea groups is 1. The molecule has 1 fully saturated rings. The Morgan fingerprint density at radius 1 is 1.26 bits per heavy atom. The number of imide groups is 1. The summed E-state index contributed by atoms with van der Waals surface area (Å²) in [6.07, 6.45) is 1.63. The number of hydrogen-bond donors (Lipinski definition) is 1. The van der Waals surface area contributed by atoms with E-state index in [0.717, 1.165) is 21.8 Å². The lowest BCUT2D eigenvalue weighted by atomic mass is 10.0. The molecule has 0 aliphatic carbocycles. The van der Waals surface area contributed by atoms with Crippen LogP contribution in [-0.2, 0) is 22.6 Å². The molecule has 7 nitrogen and oxygen atoms in total. The highest BCUT2D eigenvalue weighted by Gasteiger charge is 2.33. The van der Waals surface area contributed by atoms with Crippen molar-refractivity contribution in [3.8, 4) is 0 Å². The maximum Gasteiger partial charge on any atom is 0.326 e. The van der Waals surface area contributed by atoms with Gasteiger partial charge in [-0.1, -0.05) is 12.1 Å². The first-order valence-corrected chi connectivity index (χ1v) is 9.86. The standard InChI is InChI=1S/C19H21BrN4O3/c1-22-11-17(26)24(19(22)27)8-3-6-16(25)23-9-7-15-13(10-23)12-4-2-5-14(20)18(12)21-15/h2,4-5,21H,3,6-11H2,1H3. The molecule has 1 aromatic carbocycles. The third kappa shape index (κ3) is 3.22. The van der Waals surface area contributed by atoms with Crippen LogP contribution in [0.5, 0.6) is 0 Å². The summed E-state index contributed by atoms with van der Waals surface area (Å²) in [4.78, 5) is 44.3. The fourth-order valence-corrected chi connectivity index (χ4v) is 4.32. The number of fused-ring (bicyclic) bond motifs is 3. The van der Waals surface area contributed by atoms with Crippen molar-refractivity contribution in [2.24, 2.45) is 0 Å². The number of hydrogen-bond acceptors (Lipinski definition) is 3. The van der Waals surface area contributed by atoms with Crippen LogP contribution in [0.4, 0.5) is 4.79 Å². The average molecular weight is 433 g/mol. The highest BCUT2D eigenvalue weighted by Crippen LogP contribution is 2.32. The van der Waals surface area contributed by atoms with E-state index >= 15 is 0 Å². The predicted octanol–water partition coefficient (Wildman–Crippen LogP) is 2.49. The fraction of sp³-hybridized carbons (Fsp3) is 0.421. The second-order valence-corrected chi connectivity index (χ2v) is 7.95. The molecule has 1 N–H and O–H groups in total. The topological polar surface area (TPSA) is 76.7 Å². The van der Waals surface area contributed by atoms with Gasteiger partial charge in [0.05, 0.1) is 5.52 Å². The molecule has 3 heterocycles. The number of H-pyrrole nitrogens is 1. The van der Waals surface area contributed by atoms with Crippen LogP contribution in [0, 0.1) is 0 Å². The van der Waals surface area contributed by atoms with Crippen LogP contribution >= 0.6 is 15.9 Å². The highest BCUT2D eigenvalue weighted by atomic mass is 79.9. The van der Waals surface area contributed by atoms with Gasteiger partial charge in [-0.3, -0.25) is 14.5 Å². The number of carbonyl (C=O) groups excluding carboxylic acids is 3. The summed E-state index contributed by atoms with van der Waals surface area (Å²) in [7, 11) is 1.61. The molecule has 2 aliphatic heterocycles. The summed E-state index contributed by atoms with van der Waals surface area (Å²) < 4.78 is 1.03. The van der Waals surface area contributed by atoms with E-state index in [0.29, 0.717) is 32.5 Å².